The number of amides is 1. The molecule has 96 valence electrons. The summed E-state index contributed by atoms with van der Waals surface area (Å²) < 4.78 is 9.87. The van der Waals surface area contributed by atoms with Crippen LogP contribution in [-0.4, -0.2) is 57.1 Å². The molecule has 0 saturated carbocycles. The van der Waals surface area contributed by atoms with Crippen molar-refractivity contribution in [3.63, 3.8) is 0 Å². The summed E-state index contributed by atoms with van der Waals surface area (Å²) in [5.41, 5.74) is 5.61. The summed E-state index contributed by atoms with van der Waals surface area (Å²) in [6.45, 7) is 1.89. The fraction of sp³-hybridized carbons (Fsp3) is 0.900. The van der Waals surface area contributed by atoms with Crippen molar-refractivity contribution in [2.45, 2.75) is 18.9 Å². The van der Waals surface area contributed by atoms with Crippen LogP contribution in [0.5, 0.6) is 0 Å². The zero-order chi connectivity index (χ0) is 12.2. The van der Waals surface area contributed by atoms with E-state index in [2.05, 4.69) is 5.32 Å². The number of carbonyl (C=O) groups is 1. The molecule has 0 aromatic rings. The van der Waals surface area contributed by atoms with Crippen LogP contribution in [0.25, 0.3) is 0 Å². The molecule has 0 aromatic carbocycles. The second kappa shape index (κ2) is 10.8. The van der Waals surface area contributed by atoms with Crippen molar-refractivity contribution in [2.24, 2.45) is 5.73 Å². The summed E-state index contributed by atoms with van der Waals surface area (Å²) in [4.78, 5) is 11.4. The van der Waals surface area contributed by atoms with Gasteiger partial charge in [-0.2, -0.15) is 0 Å². The van der Waals surface area contributed by atoms with E-state index in [-0.39, 0.29) is 12.5 Å². The Kier molecular flexibility index (Phi) is 10.3. The van der Waals surface area contributed by atoms with Gasteiger partial charge in [0.05, 0.1) is 19.3 Å². The van der Waals surface area contributed by atoms with Gasteiger partial charge in [0.1, 0.15) is 0 Å². The van der Waals surface area contributed by atoms with Gasteiger partial charge in [0, 0.05) is 26.9 Å². The lowest BCUT2D eigenvalue weighted by atomic mass is 10.2. The lowest BCUT2D eigenvalue weighted by Crippen LogP contribution is -2.41. The van der Waals surface area contributed by atoms with Gasteiger partial charge >= 0.3 is 0 Å². The third-order valence-corrected chi connectivity index (χ3v) is 1.97. The van der Waals surface area contributed by atoms with E-state index in [0.717, 1.165) is 0 Å². The van der Waals surface area contributed by atoms with E-state index in [1.807, 2.05) is 0 Å². The Bertz CT molecular complexity index is 178. The molecule has 0 aliphatic heterocycles. The van der Waals surface area contributed by atoms with Crippen LogP contribution in [0.2, 0.25) is 0 Å². The van der Waals surface area contributed by atoms with Crippen molar-refractivity contribution >= 4 is 5.91 Å². The van der Waals surface area contributed by atoms with E-state index in [1.165, 1.54) is 0 Å². The second-order valence-electron chi connectivity index (χ2n) is 3.37. The van der Waals surface area contributed by atoms with Gasteiger partial charge in [0.25, 0.3) is 0 Å². The predicted octanol–water partition coefficient (Wildman–Crippen LogP) is -1.13. The lowest BCUT2D eigenvalue weighted by molar-refractivity contribution is -0.122. The molecule has 1 atom stereocenters. The summed E-state index contributed by atoms with van der Waals surface area (Å²) in [6, 6.07) is -0.515. The van der Waals surface area contributed by atoms with Gasteiger partial charge in [-0.25, -0.2) is 0 Å². The Hall–Kier alpha value is -0.690. The fourth-order valence-corrected chi connectivity index (χ4v) is 1.06. The van der Waals surface area contributed by atoms with Gasteiger partial charge in [-0.3, -0.25) is 4.79 Å². The van der Waals surface area contributed by atoms with Gasteiger partial charge < -0.3 is 25.6 Å². The highest BCUT2D eigenvalue weighted by atomic mass is 16.5. The smallest absolute Gasteiger partial charge is 0.237 e. The second-order valence-corrected chi connectivity index (χ2v) is 3.37. The lowest BCUT2D eigenvalue weighted by Gasteiger charge is -2.11. The number of aliphatic hydroxyl groups excluding tert-OH is 1. The van der Waals surface area contributed by atoms with Crippen LogP contribution in [0.15, 0.2) is 0 Å². The summed E-state index contributed by atoms with van der Waals surface area (Å²) in [7, 11) is 1.57. The minimum Gasteiger partial charge on any atom is -0.394 e. The number of rotatable bonds is 10. The fourth-order valence-electron chi connectivity index (χ4n) is 1.06. The Labute approximate surface area is 96.1 Å². The maximum absolute atomic E-state index is 11.4. The van der Waals surface area contributed by atoms with Crippen LogP contribution in [0.1, 0.15) is 12.8 Å². The molecule has 0 bridgehead atoms. The quantitative estimate of drug-likeness (QED) is 0.416. The molecule has 0 aliphatic carbocycles. The number of methoxy groups -OCH3 is 1. The van der Waals surface area contributed by atoms with Crippen LogP contribution in [0.4, 0.5) is 0 Å². The maximum atomic E-state index is 11.4. The van der Waals surface area contributed by atoms with Crippen LogP contribution in [0.3, 0.4) is 0 Å². The molecule has 0 aliphatic rings. The first-order chi connectivity index (χ1) is 7.72. The number of nitrogens with two attached hydrogens (primary N) is 1. The standard InChI is InChI=1S/C10H22N2O4/c1-15-7-3-9(11)10(14)12-4-2-6-16-8-5-13/h9,13H,2-8,11H2,1H3,(H,12,14). The van der Waals surface area contributed by atoms with E-state index >= 15 is 0 Å². The third kappa shape index (κ3) is 8.60. The van der Waals surface area contributed by atoms with Crippen molar-refractivity contribution in [1.29, 1.82) is 0 Å². The summed E-state index contributed by atoms with van der Waals surface area (Å²) in [5.74, 6) is -0.167. The van der Waals surface area contributed by atoms with E-state index in [4.69, 9.17) is 20.3 Å². The van der Waals surface area contributed by atoms with E-state index in [1.54, 1.807) is 7.11 Å². The van der Waals surface area contributed by atoms with Gasteiger partial charge in [-0.05, 0) is 12.8 Å². The number of hydrogen-bond donors (Lipinski definition) is 3. The van der Waals surface area contributed by atoms with Gasteiger partial charge in [0.2, 0.25) is 5.91 Å². The first-order valence-electron chi connectivity index (χ1n) is 5.43. The third-order valence-electron chi connectivity index (χ3n) is 1.97. The number of carbonyl (C=O) groups excluding carboxylic acids is 1. The Balaban J connectivity index is 3.35. The van der Waals surface area contributed by atoms with Crippen molar-refractivity contribution in [3.05, 3.63) is 0 Å². The van der Waals surface area contributed by atoms with Gasteiger partial charge in [-0.1, -0.05) is 0 Å². The highest BCUT2D eigenvalue weighted by molar-refractivity contribution is 5.81. The van der Waals surface area contributed by atoms with Crippen LogP contribution in [-0.2, 0) is 14.3 Å². The van der Waals surface area contributed by atoms with E-state index in [0.29, 0.717) is 39.2 Å². The summed E-state index contributed by atoms with van der Waals surface area (Å²) >= 11 is 0. The molecular formula is C10H22N2O4. The highest BCUT2D eigenvalue weighted by Gasteiger charge is 2.11. The number of ether oxygens (including phenoxy) is 2. The zero-order valence-corrected chi connectivity index (χ0v) is 9.78. The minimum absolute atomic E-state index is 0.0221. The monoisotopic (exact) mass is 234 g/mol. The Morgan fingerprint density at radius 1 is 1.44 bits per heavy atom. The Morgan fingerprint density at radius 2 is 2.19 bits per heavy atom. The first kappa shape index (κ1) is 15.3. The van der Waals surface area contributed by atoms with E-state index < -0.39 is 6.04 Å². The van der Waals surface area contributed by atoms with Crippen molar-refractivity contribution in [3.8, 4) is 0 Å². The largest absolute Gasteiger partial charge is 0.394 e. The highest BCUT2D eigenvalue weighted by Crippen LogP contribution is 1.89. The molecule has 4 N–H and O–H groups in total. The molecule has 1 unspecified atom stereocenters. The maximum Gasteiger partial charge on any atom is 0.237 e. The van der Waals surface area contributed by atoms with Crippen molar-refractivity contribution in [2.75, 3.05) is 40.1 Å². The molecule has 0 rings (SSSR count). The normalized spacial score (nSPS) is 12.4. The first-order valence-corrected chi connectivity index (χ1v) is 5.43. The molecule has 6 heteroatoms. The molecule has 0 aromatic heterocycles. The summed E-state index contributed by atoms with van der Waals surface area (Å²) in [6.07, 6.45) is 1.23. The minimum atomic E-state index is -0.515. The molecular weight excluding hydrogens is 212 g/mol. The molecule has 0 saturated heterocycles. The molecule has 0 radical (unpaired) electrons. The van der Waals surface area contributed by atoms with Crippen LogP contribution < -0.4 is 11.1 Å². The van der Waals surface area contributed by atoms with Crippen molar-refractivity contribution in [1.82, 2.24) is 5.32 Å². The number of nitrogens with one attached hydrogen (secondary N) is 1. The number of hydrogen-bond acceptors (Lipinski definition) is 5. The van der Waals surface area contributed by atoms with E-state index in [9.17, 15) is 4.79 Å². The van der Waals surface area contributed by atoms with Crippen molar-refractivity contribution < 1.29 is 19.4 Å². The van der Waals surface area contributed by atoms with Crippen LogP contribution >= 0.6 is 0 Å². The average molecular weight is 234 g/mol. The molecule has 6 nitrogen and oxygen atoms in total. The molecule has 16 heavy (non-hydrogen) atoms. The van der Waals surface area contributed by atoms with Gasteiger partial charge in [-0.15, -0.1) is 0 Å². The average Bonchev–Trinajstić information content (AvgIpc) is 2.30. The van der Waals surface area contributed by atoms with Crippen LogP contribution in [0, 0.1) is 0 Å². The Morgan fingerprint density at radius 3 is 2.81 bits per heavy atom. The SMILES string of the molecule is COCCC(N)C(=O)NCCCOCCO. The molecule has 0 fully saturated rings. The number of aliphatic hydroxyl groups is 1. The van der Waals surface area contributed by atoms with Gasteiger partial charge in [0.15, 0.2) is 0 Å². The zero-order valence-electron chi connectivity index (χ0n) is 9.78. The molecule has 1 amide bonds. The predicted molar refractivity (Wildman–Crippen MR) is 60.0 cm³/mol. The topological polar surface area (TPSA) is 93.8 Å². The molecule has 0 heterocycles. The molecule has 0 spiro atoms. The summed E-state index contributed by atoms with van der Waals surface area (Å²) in [5, 5.41) is 11.1.